The van der Waals surface area contributed by atoms with E-state index in [4.69, 9.17) is 10.1 Å². The van der Waals surface area contributed by atoms with E-state index in [9.17, 15) is 0 Å². The van der Waals surface area contributed by atoms with Crippen molar-refractivity contribution in [1.29, 1.82) is 0 Å². The van der Waals surface area contributed by atoms with Crippen LogP contribution in [0.15, 0.2) is 37.2 Å². The van der Waals surface area contributed by atoms with E-state index < -0.39 is 0 Å². The van der Waals surface area contributed by atoms with Crippen molar-refractivity contribution >= 4 is 11.2 Å². The number of nitrogens with one attached hydrogen (secondary N) is 1. The maximum absolute atomic E-state index is 5.00. The normalized spacial score (nSPS) is 19.4. The Morgan fingerprint density at radius 2 is 1.53 bits per heavy atom. The summed E-state index contributed by atoms with van der Waals surface area (Å²) < 4.78 is 4.25. The van der Waals surface area contributed by atoms with Crippen LogP contribution in [0.25, 0.3) is 33.5 Å². The predicted octanol–water partition coefficient (Wildman–Crippen LogP) is 3.61. The van der Waals surface area contributed by atoms with Gasteiger partial charge < -0.3 is 14.8 Å². The summed E-state index contributed by atoms with van der Waals surface area (Å²) in [4.78, 5) is 17.8. The van der Waals surface area contributed by atoms with E-state index in [1.807, 2.05) is 24.8 Å². The summed E-state index contributed by atoms with van der Waals surface area (Å²) in [5, 5.41) is 9.38. The summed E-state index contributed by atoms with van der Waals surface area (Å²) in [6.45, 7) is 7.88. The van der Waals surface area contributed by atoms with Crippen LogP contribution in [0, 0.1) is 0 Å². The lowest BCUT2D eigenvalue weighted by Crippen LogP contribution is -2.34. The number of piperidine rings is 2. The molecule has 2 fully saturated rings. The van der Waals surface area contributed by atoms with Gasteiger partial charge in [-0.15, -0.1) is 0 Å². The lowest BCUT2D eigenvalue weighted by Gasteiger charge is -2.31. The average Bonchev–Trinajstić information content (AvgIpc) is 3.63. The molecule has 178 valence electrons. The molecule has 4 aromatic rings. The summed E-state index contributed by atoms with van der Waals surface area (Å²) >= 11 is 0. The maximum Gasteiger partial charge on any atom is 0.156 e. The van der Waals surface area contributed by atoms with E-state index >= 15 is 0 Å². The van der Waals surface area contributed by atoms with Gasteiger partial charge in [-0.3, -0.25) is 9.36 Å². The number of rotatable bonds is 5. The molecule has 9 heteroatoms. The number of H-pyrrole nitrogens is 1. The van der Waals surface area contributed by atoms with E-state index in [2.05, 4.69) is 60.6 Å². The molecule has 1 N–H and O–H groups in total. The van der Waals surface area contributed by atoms with Crippen molar-refractivity contribution < 1.29 is 0 Å². The van der Waals surface area contributed by atoms with Crippen LogP contribution in [-0.4, -0.2) is 84.1 Å². The fourth-order valence-corrected chi connectivity index (χ4v) is 5.36. The van der Waals surface area contributed by atoms with Crippen LogP contribution in [0.5, 0.6) is 0 Å². The average molecular weight is 460 g/mol. The molecule has 0 unspecified atom stereocenters. The Morgan fingerprint density at radius 1 is 0.882 bits per heavy atom. The van der Waals surface area contributed by atoms with Gasteiger partial charge in [-0.05, 0) is 52.4 Å². The summed E-state index contributed by atoms with van der Waals surface area (Å²) in [6.07, 6.45) is 16.6. The fourth-order valence-electron chi connectivity index (χ4n) is 5.36. The Balaban J connectivity index is 1.25. The van der Waals surface area contributed by atoms with Crippen LogP contribution in [0.4, 0.5) is 0 Å². The summed E-state index contributed by atoms with van der Waals surface area (Å²) in [7, 11) is 2.18. The third kappa shape index (κ3) is 4.03. The van der Waals surface area contributed by atoms with Crippen molar-refractivity contribution in [3.63, 3.8) is 0 Å². The van der Waals surface area contributed by atoms with Crippen LogP contribution in [0.3, 0.4) is 0 Å². The minimum atomic E-state index is 0.458. The summed E-state index contributed by atoms with van der Waals surface area (Å²) in [5.41, 5.74) is 5.67. The number of likely N-dealkylation sites (tertiary alicyclic amines) is 2. The molecule has 0 atom stereocenters. The Hall–Kier alpha value is -3.04. The van der Waals surface area contributed by atoms with Crippen LogP contribution in [-0.2, 0) is 0 Å². The SMILES string of the molecule is CCN1CCC(n2cc(-c3c[nH]c4ncc(-c5cnn(C6CCN(C)CC6)c5)nc34)cn2)CC1. The van der Waals surface area contributed by atoms with Crippen molar-refractivity contribution in [3.05, 3.63) is 37.2 Å². The molecule has 2 saturated heterocycles. The molecule has 2 aliphatic rings. The van der Waals surface area contributed by atoms with Gasteiger partial charge in [0, 0.05) is 48.4 Å². The monoisotopic (exact) mass is 459 g/mol. The minimum absolute atomic E-state index is 0.458. The lowest BCUT2D eigenvalue weighted by molar-refractivity contribution is 0.187. The van der Waals surface area contributed by atoms with Gasteiger partial charge in [-0.2, -0.15) is 10.2 Å². The molecule has 0 saturated carbocycles. The van der Waals surface area contributed by atoms with Crippen LogP contribution >= 0.6 is 0 Å². The third-order valence-electron chi connectivity index (χ3n) is 7.63. The molecule has 0 aliphatic carbocycles. The molecule has 9 nitrogen and oxygen atoms in total. The third-order valence-corrected chi connectivity index (χ3v) is 7.63. The van der Waals surface area contributed by atoms with Crippen LogP contribution in [0.2, 0.25) is 0 Å². The highest BCUT2D eigenvalue weighted by molar-refractivity contribution is 5.91. The second-order valence-corrected chi connectivity index (χ2v) is 9.77. The van der Waals surface area contributed by atoms with E-state index in [0.717, 1.165) is 92.0 Å². The molecule has 4 aromatic heterocycles. The highest BCUT2D eigenvalue weighted by atomic mass is 15.3. The van der Waals surface area contributed by atoms with E-state index in [1.54, 1.807) is 0 Å². The highest BCUT2D eigenvalue weighted by Gasteiger charge is 2.22. The first kappa shape index (κ1) is 21.5. The quantitative estimate of drug-likeness (QED) is 0.491. The van der Waals surface area contributed by atoms with E-state index in [1.165, 1.54) is 0 Å². The van der Waals surface area contributed by atoms with Gasteiger partial charge in [0.05, 0.1) is 36.4 Å². The molecule has 0 spiro atoms. The Bertz CT molecular complexity index is 1250. The largest absolute Gasteiger partial charge is 0.344 e. The first-order chi connectivity index (χ1) is 16.7. The van der Waals surface area contributed by atoms with Crippen molar-refractivity contribution in [3.8, 4) is 22.4 Å². The minimum Gasteiger partial charge on any atom is -0.344 e. The van der Waals surface area contributed by atoms with Gasteiger partial charge in [-0.25, -0.2) is 9.97 Å². The molecule has 34 heavy (non-hydrogen) atoms. The zero-order valence-corrected chi connectivity index (χ0v) is 20.1. The molecule has 2 aliphatic heterocycles. The van der Waals surface area contributed by atoms with Gasteiger partial charge in [0.2, 0.25) is 0 Å². The van der Waals surface area contributed by atoms with Crippen molar-refractivity contribution in [2.75, 3.05) is 39.8 Å². The second kappa shape index (κ2) is 8.96. The molecule has 0 radical (unpaired) electrons. The van der Waals surface area contributed by atoms with Gasteiger partial charge >= 0.3 is 0 Å². The Labute approximate surface area is 199 Å². The molecule has 6 rings (SSSR count). The van der Waals surface area contributed by atoms with Crippen LogP contribution < -0.4 is 0 Å². The summed E-state index contributed by atoms with van der Waals surface area (Å²) in [5.74, 6) is 0. The first-order valence-corrected chi connectivity index (χ1v) is 12.5. The molecule has 6 heterocycles. The predicted molar refractivity (Wildman–Crippen MR) is 132 cm³/mol. The molecule has 0 aromatic carbocycles. The van der Waals surface area contributed by atoms with E-state index in [0.29, 0.717) is 12.1 Å². The number of nitrogens with zero attached hydrogens (tertiary/aromatic N) is 8. The number of aromatic nitrogens is 7. The molecular weight excluding hydrogens is 426 g/mol. The first-order valence-electron chi connectivity index (χ1n) is 12.5. The van der Waals surface area contributed by atoms with E-state index in [-0.39, 0.29) is 0 Å². The standard InChI is InChI=1S/C25H33N9/c1-3-32-10-6-21(7-11-32)33-16-18(12-28-33)22-14-26-25-24(22)30-23(15-27-25)19-13-29-34(17-19)20-4-8-31(2)9-5-20/h12-17,20-21H,3-11H2,1-2H3,(H,26,27). The second-order valence-electron chi connectivity index (χ2n) is 9.77. The van der Waals surface area contributed by atoms with Crippen molar-refractivity contribution in [1.82, 2.24) is 44.3 Å². The number of fused-ring (bicyclic) bond motifs is 1. The molecule has 0 bridgehead atoms. The number of aromatic amines is 1. The zero-order chi connectivity index (χ0) is 23.1. The molecular formula is C25H33N9. The fraction of sp³-hybridized carbons (Fsp3) is 0.520. The Morgan fingerprint density at radius 3 is 2.24 bits per heavy atom. The zero-order valence-electron chi connectivity index (χ0n) is 20.1. The van der Waals surface area contributed by atoms with Gasteiger partial charge in [0.15, 0.2) is 5.65 Å². The van der Waals surface area contributed by atoms with Crippen molar-refractivity contribution in [2.45, 2.75) is 44.7 Å². The topological polar surface area (TPSA) is 83.7 Å². The van der Waals surface area contributed by atoms with Gasteiger partial charge in [0.25, 0.3) is 0 Å². The smallest absolute Gasteiger partial charge is 0.156 e. The summed E-state index contributed by atoms with van der Waals surface area (Å²) in [6, 6.07) is 0.924. The van der Waals surface area contributed by atoms with Crippen molar-refractivity contribution in [2.24, 2.45) is 0 Å². The highest BCUT2D eigenvalue weighted by Crippen LogP contribution is 2.31. The van der Waals surface area contributed by atoms with Gasteiger partial charge in [0.1, 0.15) is 5.52 Å². The van der Waals surface area contributed by atoms with Gasteiger partial charge in [-0.1, -0.05) is 6.92 Å². The Kier molecular flexibility index (Phi) is 5.66. The maximum atomic E-state index is 5.00. The number of hydrogen-bond donors (Lipinski definition) is 1. The number of hydrogen-bond acceptors (Lipinski definition) is 6. The lowest BCUT2D eigenvalue weighted by atomic mass is 10.1. The van der Waals surface area contributed by atoms with Crippen LogP contribution in [0.1, 0.15) is 44.7 Å². The molecule has 0 amide bonds.